The van der Waals surface area contributed by atoms with E-state index in [1.165, 1.54) is 18.2 Å². The first-order chi connectivity index (χ1) is 8.45. The van der Waals surface area contributed by atoms with Gasteiger partial charge in [-0.05, 0) is 24.1 Å². The van der Waals surface area contributed by atoms with Crippen LogP contribution in [0.25, 0.3) is 0 Å². The lowest BCUT2D eigenvalue weighted by Crippen LogP contribution is -2.19. The number of aliphatic carboxylic acids is 1. The number of halogens is 1. The molecule has 2 atom stereocenters. The van der Waals surface area contributed by atoms with Crippen LogP contribution in [0.5, 0.6) is 5.75 Å². The van der Waals surface area contributed by atoms with Crippen LogP contribution in [0.15, 0.2) is 18.2 Å². The van der Waals surface area contributed by atoms with Gasteiger partial charge in [-0.15, -0.1) is 11.6 Å². The predicted molar refractivity (Wildman–Crippen MR) is 65.8 cm³/mol. The number of phenolic OH excluding ortho intramolecular Hbond substituents is 1. The fourth-order valence-electron chi connectivity index (χ4n) is 1.60. The van der Waals surface area contributed by atoms with Crippen LogP contribution in [0.4, 0.5) is 0 Å². The van der Waals surface area contributed by atoms with Gasteiger partial charge in [0, 0.05) is 11.4 Å². The van der Waals surface area contributed by atoms with Gasteiger partial charge in [-0.1, -0.05) is 6.07 Å². The molecule has 100 valence electrons. The minimum absolute atomic E-state index is 0.103. The van der Waals surface area contributed by atoms with Gasteiger partial charge in [0.15, 0.2) is 0 Å². The third-order valence-corrected chi connectivity index (χ3v) is 2.75. The summed E-state index contributed by atoms with van der Waals surface area (Å²) < 4.78 is 0. The van der Waals surface area contributed by atoms with E-state index in [9.17, 15) is 20.1 Å². The van der Waals surface area contributed by atoms with Crippen molar-refractivity contribution >= 4 is 17.6 Å². The molecule has 0 fully saturated rings. The van der Waals surface area contributed by atoms with Crippen molar-refractivity contribution in [1.82, 2.24) is 0 Å². The molecule has 0 heterocycles. The van der Waals surface area contributed by atoms with Crippen LogP contribution >= 0.6 is 11.6 Å². The highest BCUT2D eigenvalue weighted by Crippen LogP contribution is 2.28. The maximum atomic E-state index is 10.6. The molecule has 0 radical (unpaired) electrons. The molecule has 0 spiro atoms. The molecular formula is C12H15ClO5. The molecule has 2 unspecified atom stereocenters. The lowest BCUT2D eigenvalue weighted by atomic mass is 9.98. The molecule has 0 saturated carbocycles. The number of hydrogen-bond acceptors (Lipinski definition) is 4. The van der Waals surface area contributed by atoms with Crippen molar-refractivity contribution in [3.05, 3.63) is 29.3 Å². The van der Waals surface area contributed by atoms with E-state index in [-0.39, 0.29) is 30.0 Å². The molecule has 0 aliphatic heterocycles. The fourth-order valence-corrected chi connectivity index (χ4v) is 1.83. The van der Waals surface area contributed by atoms with E-state index in [0.717, 1.165) is 0 Å². The smallest absolute Gasteiger partial charge is 0.307 e. The molecule has 1 rings (SSSR count). The summed E-state index contributed by atoms with van der Waals surface area (Å²) in [6, 6.07) is 4.11. The first kappa shape index (κ1) is 14.8. The van der Waals surface area contributed by atoms with Crippen molar-refractivity contribution in [2.24, 2.45) is 0 Å². The Hall–Kier alpha value is -1.30. The minimum atomic E-state index is -1.29. The van der Waals surface area contributed by atoms with Gasteiger partial charge in [0.1, 0.15) is 11.9 Å². The first-order valence-corrected chi connectivity index (χ1v) is 5.94. The maximum absolute atomic E-state index is 10.6. The number of benzene rings is 1. The van der Waals surface area contributed by atoms with Gasteiger partial charge in [-0.2, -0.15) is 0 Å². The molecule has 0 bridgehead atoms. The van der Waals surface area contributed by atoms with Crippen molar-refractivity contribution in [3.63, 3.8) is 0 Å². The molecule has 0 aromatic heterocycles. The molecule has 0 saturated heterocycles. The van der Waals surface area contributed by atoms with E-state index < -0.39 is 18.2 Å². The zero-order valence-corrected chi connectivity index (χ0v) is 10.3. The third-order valence-electron chi connectivity index (χ3n) is 2.54. The summed E-state index contributed by atoms with van der Waals surface area (Å²) in [5, 5.41) is 37.7. The SMILES string of the molecule is O=C(O)Cc1ccc(O)c(C(O)C(O)CCCl)c1. The van der Waals surface area contributed by atoms with E-state index in [2.05, 4.69) is 0 Å². The average molecular weight is 275 g/mol. The predicted octanol–water partition coefficient (Wildman–Crippen LogP) is 1.04. The highest BCUT2D eigenvalue weighted by molar-refractivity contribution is 6.17. The van der Waals surface area contributed by atoms with Crippen molar-refractivity contribution in [2.45, 2.75) is 25.0 Å². The number of carbonyl (C=O) groups is 1. The Morgan fingerprint density at radius 3 is 2.56 bits per heavy atom. The lowest BCUT2D eigenvalue weighted by molar-refractivity contribution is -0.136. The molecule has 0 amide bonds. The second-order valence-electron chi connectivity index (χ2n) is 3.95. The van der Waals surface area contributed by atoms with Crippen LogP contribution in [-0.4, -0.2) is 38.4 Å². The first-order valence-electron chi connectivity index (χ1n) is 5.41. The number of phenols is 1. The summed E-state index contributed by atoms with van der Waals surface area (Å²) in [6.45, 7) is 0. The Morgan fingerprint density at radius 1 is 1.33 bits per heavy atom. The Balaban J connectivity index is 2.95. The van der Waals surface area contributed by atoms with Gasteiger partial charge < -0.3 is 20.4 Å². The largest absolute Gasteiger partial charge is 0.508 e. The number of aliphatic hydroxyl groups is 2. The number of carboxylic acid groups (broad SMARTS) is 1. The number of alkyl halides is 1. The van der Waals surface area contributed by atoms with E-state index in [4.69, 9.17) is 16.7 Å². The van der Waals surface area contributed by atoms with Crippen LogP contribution in [0.2, 0.25) is 0 Å². The zero-order chi connectivity index (χ0) is 13.7. The Kier molecular flexibility index (Phi) is 5.40. The Labute approximate surface area is 109 Å². The monoisotopic (exact) mass is 274 g/mol. The van der Waals surface area contributed by atoms with Crippen molar-refractivity contribution in [2.75, 3.05) is 5.88 Å². The zero-order valence-electron chi connectivity index (χ0n) is 9.58. The quantitative estimate of drug-likeness (QED) is 0.581. The molecule has 1 aromatic rings. The summed E-state index contributed by atoms with van der Waals surface area (Å²) in [4.78, 5) is 10.6. The molecular weight excluding hydrogens is 260 g/mol. The van der Waals surface area contributed by atoms with Crippen molar-refractivity contribution in [1.29, 1.82) is 0 Å². The van der Waals surface area contributed by atoms with Gasteiger partial charge in [0.25, 0.3) is 0 Å². The molecule has 6 heteroatoms. The van der Waals surface area contributed by atoms with E-state index in [0.29, 0.717) is 5.56 Å². The highest BCUT2D eigenvalue weighted by Gasteiger charge is 2.21. The normalized spacial score (nSPS) is 14.2. The van der Waals surface area contributed by atoms with Crippen LogP contribution in [0, 0.1) is 0 Å². The summed E-state index contributed by atoms with van der Waals surface area (Å²) >= 11 is 5.46. The highest BCUT2D eigenvalue weighted by atomic mass is 35.5. The number of aromatic hydroxyl groups is 1. The molecule has 4 N–H and O–H groups in total. The number of aliphatic hydroxyl groups excluding tert-OH is 2. The summed E-state index contributed by atoms with van der Waals surface area (Å²) in [7, 11) is 0. The van der Waals surface area contributed by atoms with Gasteiger partial charge in [-0.25, -0.2) is 0 Å². The molecule has 5 nitrogen and oxygen atoms in total. The standard InChI is InChI=1S/C12H15ClO5/c13-4-3-10(15)12(18)8-5-7(6-11(16)17)1-2-9(8)14/h1-2,5,10,12,14-15,18H,3-4,6H2,(H,16,17). The number of carboxylic acids is 1. The van der Waals surface area contributed by atoms with E-state index >= 15 is 0 Å². The molecule has 1 aromatic carbocycles. The van der Waals surface area contributed by atoms with Crippen LogP contribution in [0.1, 0.15) is 23.7 Å². The Morgan fingerprint density at radius 2 is 2.00 bits per heavy atom. The molecule has 0 aliphatic rings. The van der Waals surface area contributed by atoms with E-state index in [1.54, 1.807) is 0 Å². The molecule has 0 aliphatic carbocycles. The van der Waals surface area contributed by atoms with Gasteiger partial charge in [0.05, 0.1) is 12.5 Å². The summed E-state index contributed by atoms with van der Waals surface area (Å²) in [5.74, 6) is -1.03. The average Bonchev–Trinajstić information content (AvgIpc) is 2.30. The molecule has 18 heavy (non-hydrogen) atoms. The van der Waals surface area contributed by atoms with Gasteiger partial charge in [0.2, 0.25) is 0 Å². The number of rotatable bonds is 6. The third kappa shape index (κ3) is 3.87. The fraction of sp³-hybridized carbons (Fsp3) is 0.417. The second kappa shape index (κ2) is 6.58. The van der Waals surface area contributed by atoms with E-state index in [1.807, 2.05) is 0 Å². The summed E-state index contributed by atoms with van der Waals surface area (Å²) in [5.41, 5.74) is 0.541. The van der Waals surface area contributed by atoms with Crippen LogP contribution in [0.3, 0.4) is 0 Å². The summed E-state index contributed by atoms with van der Waals surface area (Å²) in [6.07, 6.45) is -2.44. The Bertz CT molecular complexity index is 421. The van der Waals surface area contributed by atoms with Gasteiger partial charge in [-0.3, -0.25) is 4.79 Å². The maximum Gasteiger partial charge on any atom is 0.307 e. The topological polar surface area (TPSA) is 98.0 Å². The van der Waals surface area contributed by atoms with Crippen molar-refractivity contribution < 1.29 is 25.2 Å². The lowest BCUT2D eigenvalue weighted by Gasteiger charge is -2.18. The van der Waals surface area contributed by atoms with Gasteiger partial charge >= 0.3 is 5.97 Å². The van der Waals surface area contributed by atoms with Crippen molar-refractivity contribution in [3.8, 4) is 5.75 Å². The minimum Gasteiger partial charge on any atom is -0.508 e. The number of hydrogen-bond donors (Lipinski definition) is 4. The van der Waals surface area contributed by atoms with Crippen LogP contribution < -0.4 is 0 Å². The second-order valence-corrected chi connectivity index (χ2v) is 4.33. The van der Waals surface area contributed by atoms with Crippen LogP contribution in [-0.2, 0) is 11.2 Å².